The predicted molar refractivity (Wildman–Crippen MR) is 155 cm³/mol. The van der Waals surface area contributed by atoms with Crippen LogP contribution in [0.1, 0.15) is 26.3 Å². The maximum atomic E-state index is 12.3. The lowest BCUT2D eigenvalue weighted by Gasteiger charge is -2.11. The van der Waals surface area contributed by atoms with Crippen molar-refractivity contribution in [2.75, 3.05) is 26.4 Å². The summed E-state index contributed by atoms with van der Waals surface area (Å²) in [4.78, 5) is 24.6. The van der Waals surface area contributed by atoms with Gasteiger partial charge in [0.2, 0.25) is 11.8 Å². The van der Waals surface area contributed by atoms with Crippen LogP contribution in [0.5, 0.6) is 23.3 Å². The maximum absolute atomic E-state index is 12.3. The van der Waals surface area contributed by atoms with Crippen molar-refractivity contribution >= 4 is 33.5 Å². The SMILES string of the molecule is Cc1cc(Oc2ccc3cc(C(=O)OCC4CO4)ccc3c2)nnc1Oc1ccc2cc(C(=O)OCC3CO3)ccc2c1. The van der Waals surface area contributed by atoms with Crippen molar-refractivity contribution < 1.29 is 38.0 Å². The Kier molecular flexibility index (Phi) is 7.06. The largest absolute Gasteiger partial charge is 0.459 e. The highest BCUT2D eigenvalue weighted by molar-refractivity contribution is 5.96. The summed E-state index contributed by atoms with van der Waals surface area (Å²) in [5.74, 6) is 1.08. The van der Waals surface area contributed by atoms with E-state index in [1.807, 2.05) is 49.4 Å². The van der Waals surface area contributed by atoms with Crippen LogP contribution in [0.3, 0.4) is 0 Å². The average Bonchev–Trinajstić information content (AvgIpc) is 3.95. The summed E-state index contributed by atoms with van der Waals surface area (Å²) in [6.07, 6.45) is 0.0494. The van der Waals surface area contributed by atoms with Gasteiger partial charge in [0.25, 0.3) is 0 Å². The summed E-state index contributed by atoms with van der Waals surface area (Å²) >= 11 is 0. The quantitative estimate of drug-likeness (QED) is 0.149. The van der Waals surface area contributed by atoms with Crippen molar-refractivity contribution in [1.82, 2.24) is 10.2 Å². The van der Waals surface area contributed by atoms with Crippen LogP contribution in [-0.4, -0.2) is 60.8 Å². The third kappa shape index (κ3) is 6.40. The number of aromatic nitrogens is 2. The Morgan fingerprint density at radius 3 is 1.67 bits per heavy atom. The third-order valence-electron chi connectivity index (χ3n) is 7.05. The third-order valence-corrected chi connectivity index (χ3v) is 7.05. The molecule has 0 spiro atoms. The van der Waals surface area contributed by atoms with Gasteiger partial charge in [-0.2, -0.15) is 0 Å². The summed E-state index contributed by atoms with van der Waals surface area (Å²) in [6.45, 7) is 3.68. The van der Waals surface area contributed by atoms with E-state index in [4.69, 9.17) is 28.4 Å². The molecule has 2 aliphatic rings. The number of rotatable bonds is 10. The Hall–Kier alpha value is -5.06. The van der Waals surface area contributed by atoms with Crippen LogP contribution in [0.4, 0.5) is 0 Å². The van der Waals surface area contributed by atoms with Gasteiger partial charge in [0, 0.05) is 11.6 Å². The molecule has 0 radical (unpaired) electrons. The first-order valence-electron chi connectivity index (χ1n) is 13.8. The first kappa shape index (κ1) is 26.8. The zero-order valence-electron chi connectivity index (χ0n) is 23.1. The fourth-order valence-corrected chi connectivity index (χ4v) is 4.49. The van der Waals surface area contributed by atoms with Gasteiger partial charge in [-0.15, -0.1) is 10.2 Å². The lowest BCUT2D eigenvalue weighted by atomic mass is 10.1. The van der Waals surface area contributed by atoms with Gasteiger partial charge in [0.15, 0.2) is 0 Å². The molecule has 0 N–H and O–H groups in total. The maximum Gasteiger partial charge on any atom is 0.338 e. The molecular formula is C33H26N2O8. The first-order chi connectivity index (χ1) is 21.0. The van der Waals surface area contributed by atoms with Crippen LogP contribution < -0.4 is 9.47 Å². The van der Waals surface area contributed by atoms with E-state index in [9.17, 15) is 9.59 Å². The van der Waals surface area contributed by atoms with Crippen molar-refractivity contribution in [3.05, 3.63) is 95.6 Å². The Balaban J connectivity index is 1.00. The fourth-order valence-electron chi connectivity index (χ4n) is 4.49. The van der Waals surface area contributed by atoms with E-state index in [-0.39, 0.29) is 37.4 Å². The monoisotopic (exact) mass is 578 g/mol. The van der Waals surface area contributed by atoms with Crippen molar-refractivity contribution in [3.63, 3.8) is 0 Å². The number of fused-ring (bicyclic) bond motifs is 2. The molecule has 0 bridgehead atoms. The molecule has 10 heteroatoms. The second kappa shape index (κ2) is 11.3. The molecule has 2 atom stereocenters. The van der Waals surface area contributed by atoms with Gasteiger partial charge in [-0.3, -0.25) is 0 Å². The summed E-state index contributed by atoms with van der Waals surface area (Å²) in [7, 11) is 0. The highest BCUT2D eigenvalue weighted by Gasteiger charge is 2.25. The van der Waals surface area contributed by atoms with E-state index in [0.29, 0.717) is 47.6 Å². The molecule has 10 nitrogen and oxygen atoms in total. The van der Waals surface area contributed by atoms with Crippen LogP contribution >= 0.6 is 0 Å². The van der Waals surface area contributed by atoms with Crippen molar-refractivity contribution in [1.29, 1.82) is 0 Å². The minimum absolute atomic E-state index is 0.0246. The molecule has 1 aromatic heterocycles. The topological polar surface area (TPSA) is 122 Å². The normalized spacial score (nSPS) is 17.0. The van der Waals surface area contributed by atoms with E-state index < -0.39 is 0 Å². The number of ether oxygens (including phenoxy) is 6. The van der Waals surface area contributed by atoms with E-state index in [1.54, 1.807) is 36.4 Å². The second-order valence-electron chi connectivity index (χ2n) is 10.4. The van der Waals surface area contributed by atoms with E-state index in [2.05, 4.69) is 10.2 Å². The number of esters is 2. The van der Waals surface area contributed by atoms with Gasteiger partial charge in [-0.05, 0) is 77.0 Å². The summed E-state index contributed by atoms with van der Waals surface area (Å²) in [5, 5.41) is 12.0. The van der Waals surface area contributed by atoms with Crippen molar-refractivity contribution in [3.8, 4) is 23.3 Å². The summed E-state index contributed by atoms with van der Waals surface area (Å²) < 4.78 is 32.7. The highest BCUT2D eigenvalue weighted by atomic mass is 16.6. The van der Waals surface area contributed by atoms with Gasteiger partial charge < -0.3 is 28.4 Å². The molecular weight excluding hydrogens is 552 g/mol. The molecule has 2 aliphatic heterocycles. The standard InChI is InChI=1S/C33H26N2O8/c1-19-10-30(42-26-8-6-20-11-24(4-2-22(20)13-26)32(36)40-17-28-15-38-28)34-35-31(19)43-27-9-7-21-12-25(5-3-23(21)14-27)33(37)41-18-29-16-39-29/h2-14,28-29H,15-18H2,1H3. The number of carbonyl (C=O) groups is 2. The van der Waals surface area contributed by atoms with E-state index in [0.717, 1.165) is 27.1 Å². The Morgan fingerprint density at radius 1 is 0.674 bits per heavy atom. The van der Waals surface area contributed by atoms with E-state index >= 15 is 0 Å². The minimum Gasteiger partial charge on any atom is -0.459 e. The van der Waals surface area contributed by atoms with Crippen molar-refractivity contribution in [2.45, 2.75) is 19.1 Å². The van der Waals surface area contributed by atoms with Crippen LogP contribution in [0.15, 0.2) is 78.9 Å². The smallest absolute Gasteiger partial charge is 0.338 e. The van der Waals surface area contributed by atoms with Crippen molar-refractivity contribution in [2.24, 2.45) is 0 Å². The molecule has 2 unspecified atom stereocenters. The molecule has 0 saturated carbocycles. The molecule has 216 valence electrons. The summed E-state index contributed by atoms with van der Waals surface area (Å²) in [5.41, 5.74) is 1.70. The zero-order valence-corrected chi connectivity index (χ0v) is 23.1. The fraction of sp³-hybridized carbons (Fsp3) is 0.212. The van der Waals surface area contributed by atoms with Crippen LogP contribution in [0.25, 0.3) is 21.5 Å². The number of hydrogen-bond acceptors (Lipinski definition) is 10. The number of benzene rings is 4. The number of carbonyl (C=O) groups excluding carboxylic acids is 2. The van der Waals surface area contributed by atoms with Gasteiger partial charge in [0.1, 0.15) is 36.9 Å². The van der Waals surface area contributed by atoms with E-state index in [1.165, 1.54) is 0 Å². The molecule has 2 fully saturated rings. The lowest BCUT2D eigenvalue weighted by Crippen LogP contribution is -2.09. The number of aryl methyl sites for hydroxylation is 1. The van der Waals surface area contributed by atoms with Gasteiger partial charge in [-0.1, -0.05) is 24.3 Å². The average molecular weight is 579 g/mol. The van der Waals surface area contributed by atoms with Crippen LogP contribution in [-0.2, 0) is 18.9 Å². The molecule has 7 rings (SSSR count). The number of epoxide rings is 2. The van der Waals surface area contributed by atoms with Gasteiger partial charge in [-0.25, -0.2) is 9.59 Å². The molecule has 0 aliphatic carbocycles. The molecule has 2 saturated heterocycles. The Labute approximate surface area is 246 Å². The lowest BCUT2D eigenvalue weighted by molar-refractivity contribution is 0.0469. The number of hydrogen-bond donors (Lipinski definition) is 0. The molecule has 5 aromatic rings. The van der Waals surface area contributed by atoms with Gasteiger partial charge in [0.05, 0.1) is 24.3 Å². The highest BCUT2D eigenvalue weighted by Crippen LogP contribution is 2.30. The molecule has 4 aromatic carbocycles. The Morgan fingerprint density at radius 2 is 1.16 bits per heavy atom. The van der Waals surface area contributed by atoms with Gasteiger partial charge >= 0.3 is 11.9 Å². The Bertz CT molecular complexity index is 1870. The predicted octanol–water partition coefficient (Wildman–Crippen LogP) is 5.79. The second-order valence-corrected chi connectivity index (χ2v) is 10.4. The summed E-state index contributed by atoms with van der Waals surface area (Å²) in [6, 6.07) is 23.6. The molecule has 0 amide bonds. The van der Waals surface area contributed by atoms with Crippen LogP contribution in [0.2, 0.25) is 0 Å². The first-order valence-corrected chi connectivity index (χ1v) is 13.8. The molecule has 3 heterocycles. The molecule has 43 heavy (non-hydrogen) atoms. The minimum atomic E-state index is -0.374. The zero-order chi connectivity index (χ0) is 29.3. The number of nitrogens with zero attached hydrogens (tertiary/aromatic N) is 2. The van der Waals surface area contributed by atoms with Crippen LogP contribution in [0, 0.1) is 6.92 Å².